The molecule has 0 aliphatic heterocycles. The van der Waals surface area contributed by atoms with Gasteiger partial charge in [-0.3, -0.25) is 29.2 Å². The number of carbonyl (C=O) groups is 2. The fourth-order valence-electron chi connectivity index (χ4n) is 7.01. The quantitative estimate of drug-likeness (QED) is 0.0805. The van der Waals surface area contributed by atoms with E-state index in [1.54, 1.807) is 0 Å². The Labute approximate surface area is 332 Å². The van der Waals surface area contributed by atoms with Gasteiger partial charge < -0.3 is 18.9 Å². The van der Waals surface area contributed by atoms with Crippen LogP contribution in [0, 0.1) is 0 Å². The van der Waals surface area contributed by atoms with Gasteiger partial charge in [-0.05, 0) is 138 Å². The Morgan fingerprint density at radius 1 is 0.509 bits per heavy atom. The third-order valence-electron chi connectivity index (χ3n) is 9.23. The van der Waals surface area contributed by atoms with Crippen molar-refractivity contribution in [1.29, 1.82) is 0 Å². The van der Waals surface area contributed by atoms with Crippen LogP contribution in [0.25, 0.3) is 0 Å². The van der Waals surface area contributed by atoms with Crippen molar-refractivity contribution in [3.63, 3.8) is 0 Å². The topological polar surface area (TPSA) is 84.0 Å². The van der Waals surface area contributed by atoms with E-state index in [0.717, 1.165) is 51.0 Å². The predicted octanol–water partition coefficient (Wildman–Crippen LogP) is 7.62. The van der Waals surface area contributed by atoms with Gasteiger partial charge in [-0.1, -0.05) is 11.8 Å². The number of nitrogens with zero attached hydrogens (tertiary/aromatic N) is 4. The van der Waals surface area contributed by atoms with Crippen LogP contribution < -0.4 is 0 Å². The van der Waals surface area contributed by atoms with Crippen molar-refractivity contribution in [3.8, 4) is 0 Å². The molecule has 0 aliphatic carbocycles. The first-order valence-corrected chi connectivity index (χ1v) is 20.9. The number of rotatable bonds is 22. The maximum absolute atomic E-state index is 12.3. The van der Waals surface area contributed by atoms with Crippen LogP contribution in [0.3, 0.4) is 0 Å². The molecule has 0 rings (SSSR count). The van der Waals surface area contributed by atoms with Gasteiger partial charge in [-0.25, -0.2) is 0 Å². The van der Waals surface area contributed by atoms with Gasteiger partial charge in [0.25, 0.3) is 0 Å². The second-order valence-corrected chi connectivity index (χ2v) is 21.5. The molecule has 0 fully saturated rings. The first-order chi connectivity index (χ1) is 23.8. The summed E-state index contributed by atoms with van der Waals surface area (Å²) in [6, 6.07) is 0. The summed E-state index contributed by atoms with van der Waals surface area (Å²) in [5, 5.41) is -0.209. The molecule has 0 bridgehead atoms. The van der Waals surface area contributed by atoms with Crippen molar-refractivity contribution < 1.29 is 28.5 Å². The monoisotopic (exact) mass is 775 g/mol. The average Bonchev–Trinajstić information content (AvgIpc) is 2.93. The molecule has 0 heterocycles. The molecule has 10 nitrogen and oxygen atoms in total. The van der Waals surface area contributed by atoms with Crippen molar-refractivity contribution in [2.24, 2.45) is 0 Å². The summed E-state index contributed by atoms with van der Waals surface area (Å²) in [5.74, 6) is -0.486. The minimum atomic E-state index is -0.436. The van der Waals surface area contributed by atoms with Crippen LogP contribution in [0.15, 0.2) is 0 Å². The summed E-state index contributed by atoms with van der Waals surface area (Å²) in [7, 11) is 0. The van der Waals surface area contributed by atoms with E-state index in [1.165, 1.54) is 0 Å². The summed E-state index contributed by atoms with van der Waals surface area (Å²) in [4.78, 5) is 34.6. The summed E-state index contributed by atoms with van der Waals surface area (Å²) >= 11 is 0.916. The lowest BCUT2D eigenvalue weighted by atomic mass is 9.95. The number of hydrogen-bond acceptors (Lipinski definition) is 11. The fourth-order valence-corrected chi connectivity index (χ4v) is 7.54. The zero-order chi connectivity index (χ0) is 41.6. The Morgan fingerprint density at radius 2 is 0.868 bits per heavy atom. The number of hydrogen-bond donors (Lipinski definition) is 0. The Kier molecular flexibility index (Phi) is 21.9. The molecule has 0 saturated heterocycles. The average molecular weight is 775 g/mol. The minimum Gasteiger partial charge on any atom is -0.463 e. The third-order valence-corrected chi connectivity index (χ3v) is 10.0. The number of ether oxygens (including phenoxy) is 4. The highest BCUT2D eigenvalue weighted by Gasteiger charge is 2.34. The highest BCUT2D eigenvalue weighted by atomic mass is 32.2. The summed E-state index contributed by atoms with van der Waals surface area (Å²) < 4.78 is 23.0. The van der Waals surface area contributed by atoms with Crippen molar-refractivity contribution in [2.45, 2.75) is 184 Å². The molecule has 0 radical (unpaired) electrons. The van der Waals surface area contributed by atoms with Gasteiger partial charge in [0.05, 0.1) is 37.8 Å². The smallest absolute Gasteiger partial charge is 0.316 e. The normalized spacial score (nSPS) is 15.2. The highest BCUT2D eigenvalue weighted by Crippen LogP contribution is 2.27. The van der Waals surface area contributed by atoms with Crippen molar-refractivity contribution in [2.75, 3.05) is 78.1 Å². The van der Waals surface area contributed by atoms with Gasteiger partial charge in [-0.15, -0.1) is 0 Å². The first-order valence-electron chi connectivity index (χ1n) is 19.9. The van der Waals surface area contributed by atoms with Gasteiger partial charge in [0, 0.05) is 72.5 Å². The summed E-state index contributed by atoms with van der Waals surface area (Å²) in [6.45, 7) is 51.3. The van der Waals surface area contributed by atoms with Gasteiger partial charge >= 0.3 is 5.97 Å². The Balaban J connectivity index is 4.49. The molecule has 0 aromatic heterocycles. The lowest BCUT2D eigenvalue weighted by Gasteiger charge is -2.47. The number of thioether (sulfide) groups is 1. The van der Waals surface area contributed by atoms with Crippen LogP contribution in [-0.2, 0) is 28.5 Å². The van der Waals surface area contributed by atoms with Crippen LogP contribution in [0.4, 0.5) is 0 Å². The minimum absolute atomic E-state index is 0.000834. The highest BCUT2D eigenvalue weighted by molar-refractivity contribution is 8.14. The van der Waals surface area contributed by atoms with Crippen molar-refractivity contribution in [1.82, 2.24) is 19.6 Å². The molecule has 0 N–H and O–H groups in total. The Bertz CT molecular complexity index is 1020. The van der Waals surface area contributed by atoms with Crippen molar-refractivity contribution >= 4 is 22.8 Å². The summed E-state index contributed by atoms with van der Waals surface area (Å²) in [6.07, 6.45) is -0.0152. The number of carbonyl (C=O) groups excluding carboxylic acids is 2. The zero-order valence-corrected chi connectivity index (χ0v) is 39.1. The molecule has 0 aromatic rings. The van der Waals surface area contributed by atoms with Crippen LogP contribution in [0.2, 0.25) is 0 Å². The van der Waals surface area contributed by atoms with Gasteiger partial charge in [0.15, 0.2) is 0 Å². The van der Waals surface area contributed by atoms with E-state index in [4.69, 9.17) is 18.9 Å². The van der Waals surface area contributed by atoms with E-state index in [9.17, 15) is 9.59 Å². The lowest BCUT2D eigenvalue weighted by molar-refractivity contribution is -0.142. The third kappa shape index (κ3) is 23.1. The largest absolute Gasteiger partial charge is 0.463 e. The molecule has 2 unspecified atom stereocenters. The van der Waals surface area contributed by atoms with E-state index in [2.05, 4.69) is 158 Å². The predicted molar refractivity (Wildman–Crippen MR) is 225 cm³/mol. The van der Waals surface area contributed by atoms with Gasteiger partial charge in [0.1, 0.15) is 13.2 Å². The van der Waals surface area contributed by atoms with Gasteiger partial charge in [-0.2, -0.15) is 0 Å². The van der Waals surface area contributed by atoms with E-state index >= 15 is 0 Å². The zero-order valence-electron chi connectivity index (χ0n) is 38.3. The second kappa shape index (κ2) is 22.2. The molecule has 11 heteroatoms. The lowest BCUT2D eigenvalue weighted by Crippen LogP contribution is -2.57. The standard InChI is InChI=1S/C42H86N4O6S/c1-33(29-43(37(3,4)5)21-23-45(39(9,10)11)40(12,13)14)50-26-25-49-31-36(48)53-32-35(47)52-28-27-51-34(2)30-44(38(6,7)8)22-24-46(41(15,16)17)42(18,19)20/h33-34H,21-32H2,1-20H3. The van der Waals surface area contributed by atoms with Crippen LogP contribution >= 0.6 is 11.8 Å². The van der Waals surface area contributed by atoms with E-state index in [-0.39, 0.29) is 69.5 Å². The van der Waals surface area contributed by atoms with Crippen molar-refractivity contribution in [3.05, 3.63) is 0 Å². The van der Waals surface area contributed by atoms with Crippen LogP contribution in [-0.4, -0.2) is 154 Å². The second-order valence-electron chi connectivity index (χ2n) is 20.5. The van der Waals surface area contributed by atoms with Crippen LogP contribution in [0.1, 0.15) is 138 Å². The molecular formula is C42H86N4O6S. The van der Waals surface area contributed by atoms with E-state index in [0.29, 0.717) is 19.8 Å². The molecule has 0 aromatic carbocycles. The molecule has 0 spiro atoms. The molecule has 0 aliphatic rings. The fraction of sp³-hybridized carbons (Fsp3) is 0.952. The first kappa shape index (κ1) is 52.2. The van der Waals surface area contributed by atoms with E-state index < -0.39 is 5.97 Å². The molecule has 0 amide bonds. The molecule has 53 heavy (non-hydrogen) atoms. The van der Waals surface area contributed by atoms with Gasteiger partial charge in [0.2, 0.25) is 5.12 Å². The van der Waals surface area contributed by atoms with Crippen LogP contribution in [0.5, 0.6) is 0 Å². The molecule has 2 atom stereocenters. The molecule has 316 valence electrons. The Hall–Kier alpha value is -0.790. The number of esters is 1. The summed E-state index contributed by atoms with van der Waals surface area (Å²) in [5.41, 5.74) is 0.257. The molecular weight excluding hydrogens is 689 g/mol. The Morgan fingerprint density at radius 3 is 1.21 bits per heavy atom. The van der Waals surface area contributed by atoms with E-state index in [1.807, 2.05) is 0 Å². The molecule has 0 saturated carbocycles. The maximum atomic E-state index is 12.3. The SMILES string of the molecule is CC(CN(CCN(C(C)(C)C)C(C)(C)C)C(C)(C)C)OCCOCC(=O)SCC(=O)OCCOC(C)CN(CCN(C(C)(C)C)C(C)(C)C)C(C)(C)C. The maximum Gasteiger partial charge on any atom is 0.316 e.